The van der Waals surface area contributed by atoms with Crippen LogP contribution in [0.2, 0.25) is 0 Å². The van der Waals surface area contributed by atoms with E-state index >= 15 is 0 Å². The molecule has 122 valence electrons. The average Bonchev–Trinajstić information content (AvgIpc) is 3.26. The molecule has 1 unspecified atom stereocenters. The number of hydrogen-bond acceptors (Lipinski definition) is 5. The van der Waals surface area contributed by atoms with E-state index in [1.165, 1.54) is 31.5 Å². The third-order valence-corrected chi connectivity index (χ3v) is 5.01. The van der Waals surface area contributed by atoms with E-state index in [0.29, 0.717) is 5.92 Å². The van der Waals surface area contributed by atoms with Crippen LogP contribution in [0.4, 0.5) is 11.6 Å². The van der Waals surface area contributed by atoms with Crippen molar-refractivity contribution in [3.8, 4) is 0 Å². The van der Waals surface area contributed by atoms with Gasteiger partial charge in [0.05, 0.1) is 0 Å². The zero-order valence-corrected chi connectivity index (χ0v) is 13.7. The van der Waals surface area contributed by atoms with E-state index in [9.17, 15) is 0 Å². The van der Waals surface area contributed by atoms with Crippen LogP contribution in [-0.4, -0.2) is 45.7 Å². The first-order valence-corrected chi connectivity index (χ1v) is 8.61. The normalized spacial score (nSPS) is 21.9. The third kappa shape index (κ3) is 2.78. The van der Waals surface area contributed by atoms with Crippen LogP contribution in [0.5, 0.6) is 0 Å². The number of piperidine rings is 1. The maximum absolute atomic E-state index is 4.68. The van der Waals surface area contributed by atoms with E-state index in [1.807, 2.05) is 24.8 Å². The van der Waals surface area contributed by atoms with Crippen molar-refractivity contribution in [2.45, 2.75) is 31.6 Å². The van der Waals surface area contributed by atoms with Crippen molar-refractivity contribution in [1.82, 2.24) is 19.5 Å². The summed E-state index contributed by atoms with van der Waals surface area (Å²) in [7, 11) is 2.08. The lowest BCUT2D eigenvalue weighted by Gasteiger charge is -2.35. The SMILES string of the molecule is Cn1ccnc1C1CCCN(c2nccnc2N2CCCC2)C1. The largest absolute Gasteiger partial charge is 0.354 e. The molecule has 2 aliphatic heterocycles. The average molecular weight is 312 g/mol. The Morgan fingerprint density at radius 1 is 0.870 bits per heavy atom. The van der Waals surface area contributed by atoms with Gasteiger partial charge in [-0.1, -0.05) is 0 Å². The Morgan fingerprint density at radius 2 is 1.57 bits per heavy atom. The van der Waals surface area contributed by atoms with Gasteiger partial charge in [0.15, 0.2) is 11.6 Å². The fourth-order valence-corrected chi connectivity index (χ4v) is 3.85. The molecular weight excluding hydrogens is 288 g/mol. The van der Waals surface area contributed by atoms with Crippen molar-refractivity contribution in [2.75, 3.05) is 36.0 Å². The fourth-order valence-electron chi connectivity index (χ4n) is 3.85. The highest BCUT2D eigenvalue weighted by Gasteiger charge is 2.28. The summed E-state index contributed by atoms with van der Waals surface area (Å²) in [6.45, 7) is 4.23. The van der Waals surface area contributed by atoms with Crippen LogP contribution in [0.25, 0.3) is 0 Å². The van der Waals surface area contributed by atoms with Gasteiger partial charge < -0.3 is 14.4 Å². The second-order valence-electron chi connectivity index (χ2n) is 6.58. The summed E-state index contributed by atoms with van der Waals surface area (Å²) in [6.07, 6.45) is 12.4. The van der Waals surface area contributed by atoms with Crippen LogP contribution < -0.4 is 9.80 Å². The Balaban J connectivity index is 1.59. The highest BCUT2D eigenvalue weighted by Crippen LogP contribution is 2.33. The van der Waals surface area contributed by atoms with E-state index in [4.69, 9.17) is 0 Å². The van der Waals surface area contributed by atoms with Gasteiger partial charge in [0.2, 0.25) is 0 Å². The Morgan fingerprint density at radius 3 is 2.26 bits per heavy atom. The van der Waals surface area contributed by atoms with E-state index in [-0.39, 0.29) is 0 Å². The summed E-state index contributed by atoms with van der Waals surface area (Å²) in [5, 5.41) is 0. The predicted octanol–water partition coefficient (Wildman–Crippen LogP) is 2.19. The summed E-state index contributed by atoms with van der Waals surface area (Å²) in [6, 6.07) is 0. The summed E-state index contributed by atoms with van der Waals surface area (Å²) in [4.78, 5) is 18.7. The molecule has 2 aromatic heterocycles. The number of hydrogen-bond donors (Lipinski definition) is 0. The second kappa shape index (κ2) is 6.18. The fraction of sp³-hybridized carbons (Fsp3) is 0.588. The number of nitrogens with zero attached hydrogens (tertiary/aromatic N) is 6. The molecule has 2 aromatic rings. The number of rotatable bonds is 3. The smallest absolute Gasteiger partial charge is 0.172 e. The minimum atomic E-state index is 0.470. The molecule has 1 atom stereocenters. The standard InChI is InChI=1S/C17H24N6/c1-21-12-8-20-15(21)14-5-4-11-23(13-14)17-16(18-6-7-19-17)22-9-2-3-10-22/h6-8,12,14H,2-5,9-11,13H2,1H3. The van der Waals surface area contributed by atoms with Gasteiger partial charge in [0.25, 0.3) is 0 Å². The number of aromatic nitrogens is 4. The van der Waals surface area contributed by atoms with Crippen LogP contribution in [0, 0.1) is 0 Å². The Bertz CT molecular complexity index is 661. The Hall–Kier alpha value is -2.11. The zero-order chi connectivity index (χ0) is 15.6. The van der Waals surface area contributed by atoms with Crippen LogP contribution in [0.15, 0.2) is 24.8 Å². The van der Waals surface area contributed by atoms with Crippen LogP contribution >= 0.6 is 0 Å². The van der Waals surface area contributed by atoms with Crippen molar-refractivity contribution in [2.24, 2.45) is 7.05 Å². The van der Waals surface area contributed by atoms with Gasteiger partial charge in [0.1, 0.15) is 5.82 Å². The van der Waals surface area contributed by atoms with Crippen molar-refractivity contribution in [1.29, 1.82) is 0 Å². The molecule has 0 amide bonds. The van der Waals surface area contributed by atoms with Crippen LogP contribution in [0.1, 0.15) is 37.4 Å². The molecule has 4 rings (SSSR count). The molecule has 2 saturated heterocycles. The Labute approximate surface area is 137 Å². The van der Waals surface area contributed by atoms with Crippen molar-refractivity contribution in [3.05, 3.63) is 30.6 Å². The van der Waals surface area contributed by atoms with Gasteiger partial charge in [-0.05, 0) is 25.7 Å². The third-order valence-electron chi connectivity index (χ3n) is 5.01. The Kier molecular flexibility index (Phi) is 3.89. The van der Waals surface area contributed by atoms with E-state index in [2.05, 4.69) is 36.4 Å². The minimum Gasteiger partial charge on any atom is -0.354 e. The van der Waals surface area contributed by atoms with Gasteiger partial charge in [-0.3, -0.25) is 0 Å². The lowest BCUT2D eigenvalue weighted by atomic mass is 9.97. The molecule has 0 aliphatic carbocycles. The zero-order valence-electron chi connectivity index (χ0n) is 13.7. The molecule has 6 nitrogen and oxygen atoms in total. The lowest BCUT2D eigenvalue weighted by Crippen LogP contribution is -2.37. The molecular formula is C17H24N6. The van der Waals surface area contributed by atoms with Gasteiger partial charge >= 0.3 is 0 Å². The summed E-state index contributed by atoms with van der Waals surface area (Å²) in [5.74, 6) is 3.76. The topological polar surface area (TPSA) is 50.1 Å². The van der Waals surface area contributed by atoms with E-state index in [1.54, 1.807) is 0 Å². The molecule has 0 N–H and O–H groups in total. The molecule has 2 fully saturated rings. The molecule has 0 bridgehead atoms. The monoisotopic (exact) mass is 312 g/mol. The molecule has 2 aliphatic rings. The number of anilines is 2. The number of imidazole rings is 1. The molecule has 6 heteroatoms. The molecule has 0 saturated carbocycles. The van der Waals surface area contributed by atoms with Gasteiger partial charge in [0, 0.05) is 63.9 Å². The van der Waals surface area contributed by atoms with Gasteiger partial charge in [-0.15, -0.1) is 0 Å². The highest BCUT2D eigenvalue weighted by molar-refractivity contribution is 5.63. The molecule has 4 heterocycles. The van der Waals surface area contributed by atoms with Gasteiger partial charge in [-0.25, -0.2) is 15.0 Å². The second-order valence-corrected chi connectivity index (χ2v) is 6.58. The molecule has 0 radical (unpaired) electrons. The van der Waals surface area contributed by atoms with Crippen molar-refractivity contribution >= 4 is 11.6 Å². The molecule has 23 heavy (non-hydrogen) atoms. The first-order valence-electron chi connectivity index (χ1n) is 8.61. The maximum atomic E-state index is 4.68. The highest BCUT2D eigenvalue weighted by atomic mass is 15.3. The lowest BCUT2D eigenvalue weighted by molar-refractivity contribution is 0.478. The van der Waals surface area contributed by atoms with Gasteiger partial charge in [-0.2, -0.15) is 0 Å². The quantitative estimate of drug-likeness (QED) is 0.869. The minimum absolute atomic E-state index is 0.470. The summed E-state index contributed by atoms with van der Waals surface area (Å²) < 4.78 is 2.15. The number of aryl methyl sites for hydroxylation is 1. The molecule has 0 aromatic carbocycles. The van der Waals surface area contributed by atoms with Crippen molar-refractivity contribution < 1.29 is 0 Å². The molecule has 0 spiro atoms. The predicted molar refractivity (Wildman–Crippen MR) is 90.9 cm³/mol. The first-order chi connectivity index (χ1) is 11.3. The summed E-state index contributed by atoms with van der Waals surface area (Å²) in [5.41, 5.74) is 0. The van der Waals surface area contributed by atoms with Crippen LogP contribution in [0.3, 0.4) is 0 Å². The first kappa shape index (κ1) is 14.5. The van der Waals surface area contributed by atoms with Crippen LogP contribution in [-0.2, 0) is 7.05 Å². The van der Waals surface area contributed by atoms with E-state index < -0.39 is 0 Å². The van der Waals surface area contributed by atoms with E-state index in [0.717, 1.165) is 37.8 Å². The summed E-state index contributed by atoms with van der Waals surface area (Å²) >= 11 is 0. The van der Waals surface area contributed by atoms with Crippen molar-refractivity contribution in [3.63, 3.8) is 0 Å². The maximum Gasteiger partial charge on any atom is 0.172 e.